The third-order valence-electron chi connectivity index (χ3n) is 3.09. The third kappa shape index (κ3) is 3.03. The molecule has 0 aliphatic carbocycles. The van der Waals surface area contributed by atoms with E-state index in [-0.39, 0.29) is 17.3 Å². The first-order chi connectivity index (χ1) is 9.51. The average Bonchev–Trinajstić information content (AvgIpc) is 2.86. The SMILES string of the molecule is CNC(C)Cc1ccc(-c2ccc([N+](=O)[O-])cc2F)o1. The number of rotatable bonds is 5. The number of hydrogen-bond acceptors (Lipinski definition) is 4. The highest BCUT2D eigenvalue weighted by Crippen LogP contribution is 2.28. The summed E-state index contributed by atoms with van der Waals surface area (Å²) in [4.78, 5) is 9.94. The Morgan fingerprint density at radius 3 is 2.75 bits per heavy atom. The van der Waals surface area contributed by atoms with Gasteiger partial charge < -0.3 is 9.73 Å². The zero-order valence-electron chi connectivity index (χ0n) is 11.2. The summed E-state index contributed by atoms with van der Waals surface area (Å²) in [5.41, 5.74) is -0.0548. The lowest BCUT2D eigenvalue weighted by Crippen LogP contribution is -2.23. The molecule has 1 aromatic heterocycles. The van der Waals surface area contributed by atoms with Crippen LogP contribution in [0.1, 0.15) is 12.7 Å². The number of likely N-dealkylation sites (N-methyl/N-ethyl adjacent to an activating group) is 1. The van der Waals surface area contributed by atoms with Crippen molar-refractivity contribution in [1.82, 2.24) is 5.32 Å². The molecule has 20 heavy (non-hydrogen) atoms. The fourth-order valence-corrected chi connectivity index (χ4v) is 1.85. The molecule has 0 saturated carbocycles. The predicted octanol–water partition coefficient (Wildman–Crippen LogP) is 3.14. The van der Waals surface area contributed by atoms with Crippen molar-refractivity contribution in [2.24, 2.45) is 0 Å². The van der Waals surface area contributed by atoms with Gasteiger partial charge in [-0.1, -0.05) is 0 Å². The average molecular weight is 278 g/mol. The smallest absolute Gasteiger partial charge is 0.272 e. The second-order valence-corrected chi connectivity index (χ2v) is 4.58. The molecule has 0 radical (unpaired) electrons. The Bertz CT molecular complexity index is 625. The maximum Gasteiger partial charge on any atom is 0.272 e. The van der Waals surface area contributed by atoms with Gasteiger partial charge in [-0.05, 0) is 32.2 Å². The van der Waals surface area contributed by atoms with Crippen LogP contribution in [0, 0.1) is 15.9 Å². The second-order valence-electron chi connectivity index (χ2n) is 4.58. The van der Waals surface area contributed by atoms with Crippen molar-refractivity contribution in [2.45, 2.75) is 19.4 Å². The number of hydrogen-bond donors (Lipinski definition) is 1. The number of non-ortho nitro benzene ring substituents is 1. The van der Waals surface area contributed by atoms with Crippen LogP contribution in [0.2, 0.25) is 0 Å². The van der Waals surface area contributed by atoms with Crippen LogP contribution in [0.15, 0.2) is 34.7 Å². The zero-order valence-corrected chi connectivity index (χ0v) is 11.2. The molecule has 1 aromatic carbocycles. The molecule has 2 rings (SSSR count). The fourth-order valence-electron chi connectivity index (χ4n) is 1.85. The summed E-state index contributed by atoms with van der Waals surface area (Å²) in [7, 11) is 1.85. The molecule has 0 spiro atoms. The second kappa shape index (κ2) is 5.83. The van der Waals surface area contributed by atoms with Crippen molar-refractivity contribution in [3.8, 4) is 11.3 Å². The standard InChI is InChI=1S/C14H15FN2O3/c1-9(16-2)7-11-4-6-14(20-11)12-5-3-10(17(18)19)8-13(12)15/h3-6,8-9,16H,7H2,1-2H3. The van der Waals surface area contributed by atoms with Gasteiger partial charge in [0.25, 0.3) is 5.69 Å². The van der Waals surface area contributed by atoms with Crippen LogP contribution in [-0.2, 0) is 6.42 Å². The summed E-state index contributed by atoms with van der Waals surface area (Å²) in [5.74, 6) is 0.442. The first kappa shape index (κ1) is 14.2. The summed E-state index contributed by atoms with van der Waals surface area (Å²) in [6.45, 7) is 2.01. The van der Waals surface area contributed by atoms with Gasteiger partial charge in [0.1, 0.15) is 17.3 Å². The van der Waals surface area contributed by atoms with E-state index in [1.165, 1.54) is 12.1 Å². The number of benzene rings is 1. The summed E-state index contributed by atoms with van der Waals surface area (Å²) in [6, 6.07) is 7.21. The monoisotopic (exact) mass is 278 g/mol. The van der Waals surface area contributed by atoms with Crippen LogP contribution in [0.4, 0.5) is 10.1 Å². The zero-order chi connectivity index (χ0) is 14.7. The molecule has 1 heterocycles. The Balaban J connectivity index is 2.26. The molecule has 6 heteroatoms. The lowest BCUT2D eigenvalue weighted by molar-refractivity contribution is -0.385. The molecule has 0 saturated heterocycles. The van der Waals surface area contributed by atoms with E-state index in [2.05, 4.69) is 5.32 Å². The van der Waals surface area contributed by atoms with E-state index in [1.54, 1.807) is 12.1 Å². The maximum atomic E-state index is 13.9. The molecule has 2 aromatic rings. The summed E-state index contributed by atoms with van der Waals surface area (Å²) < 4.78 is 19.4. The van der Waals surface area contributed by atoms with Crippen molar-refractivity contribution >= 4 is 5.69 Å². The molecule has 0 aliphatic rings. The highest BCUT2D eigenvalue weighted by Gasteiger charge is 2.15. The van der Waals surface area contributed by atoms with Crippen molar-refractivity contribution in [3.05, 3.63) is 52.0 Å². The van der Waals surface area contributed by atoms with Gasteiger partial charge in [-0.2, -0.15) is 0 Å². The van der Waals surface area contributed by atoms with Crippen molar-refractivity contribution in [2.75, 3.05) is 7.05 Å². The Hall–Kier alpha value is -2.21. The Kier molecular flexibility index (Phi) is 4.14. The quantitative estimate of drug-likeness (QED) is 0.674. The Morgan fingerprint density at radius 2 is 2.15 bits per heavy atom. The van der Waals surface area contributed by atoms with Crippen LogP contribution >= 0.6 is 0 Å². The van der Waals surface area contributed by atoms with Gasteiger partial charge in [0, 0.05) is 18.5 Å². The van der Waals surface area contributed by atoms with E-state index in [0.717, 1.165) is 11.8 Å². The third-order valence-corrected chi connectivity index (χ3v) is 3.09. The van der Waals surface area contributed by atoms with E-state index in [9.17, 15) is 14.5 Å². The topological polar surface area (TPSA) is 68.3 Å². The van der Waals surface area contributed by atoms with E-state index in [0.29, 0.717) is 12.2 Å². The lowest BCUT2D eigenvalue weighted by atomic mass is 10.1. The molecule has 0 aliphatic heterocycles. The van der Waals surface area contributed by atoms with Gasteiger partial charge in [0.2, 0.25) is 0 Å². The number of nitro groups is 1. The summed E-state index contributed by atoms with van der Waals surface area (Å²) in [6.07, 6.45) is 0.686. The molecular weight excluding hydrogens is 263 g/mol. The van der Waals surface area contributed by atoms with Crippen molar-refractivity contribution in [1.29, 1.82) is 0 Å². The van der Waals surface area contributed by atoms with Crippen LogP contribution in [0.3, 0.4) is 0 Å². The van der Waals surface area contributed by atoms with E-state index >= 15 is 0 Å². The van der Waals surface area contributed by atoms with Crippen LogP contribution in [-0.4, -0.2) is 18.0 Å². The van der Waals surface area contributed by atoms with Gasteiger partial charge in [-0.15, -0.1) is 0 Å². The molecular formula is C14H15FN2O3. The minimum atomic E-state index is -0.665. The number of nitrogens with zero attached hydrogens (tertiary/aromatic N) is 1. The minimum Gasteiger partial charge on any atom is -0.461 e. The number of halogens is 1. The van der Waals surface area contributed by atoms with Gasteiger partial charge in [-0.25, -0.2) is 4.39 Å². The molecule has 1 atom stereocenters. The van der Waals surface area contributed by atoms with E-state index in [1.807, 2.05) is 14.0 Å². The molecule has 5 nitrogen and oxygen atoms in total. The molecule has 0 fully saturated rings. The highest BCUT2D eigenvalue weighted by atomic mass is 19.1. The van der Waals surface area contributed by atoms with Gasteiger partial charge in [0.15, 0.2) is 0 Å². The Morgan fingerprint density at radius 1 is 1.40 bits per heavy atom. The first-order valence-corrected chi connectivity index (χ1v) is 6.21. The van der Waals surface area contributed by atoms with E-state index < -0.39 is 10.7 Å². The number of nitro benzene ring substituents is 1. The highest BCUT2D eigenvalue weighted by molar-refractivity contribution is 5.60. The fraction of sp³-hybridized carbons (Fsp3) is 0.286. The summed E-state index contributed by atoms with van der Waals surface area (Å²) in [5, 5.41) is 13.7. The predicted molar refractivity (Wildman–Crippen MR) is 73.0 cm³/mol. The van der Waals surface area contributed by atoms with Crippen molar-refractivity contribution in [3.63, 3.8) is 0 Å². The van der Waals surface area contributed by atoms with Crippen LogP contribution in [0.5, 0.6) is 0 Å². The largest absolute Gasteiger partial charge is 0.461 e. The van der Waals surface area contributed by atoms with Crippen LogP contribution < -0.4 is 5.32 Å². The van der Waals surface area contributed by atoms with Gasteiger partial charge >= 0.3 is 0 Å². The molecule has 0 amide bonds. The van der Waals surface area contributed by atoms with Crippen LogP contribution in [0.25, 0.3) is 11.3 Å². The van der Waals surface area contributed by atoms with Gasteiger partial charge in [0.05, 0.1) is 16.6 Å². The molecule has 1 unspecified atom stereocenters. The van der Waals surface area contributed by atoms with Crippen molar-refractivity contribution < 1.29 is 13.7 Å². The molecule has 106 valence electrons. The minimum absolute atomic E-state index is 0.221. The Labute approximate surface area is 115 Å². The maximum absolute atomic E-state index is 13.9. The lowest BCUT2D eigenvalue weighted by Gasteiger charge is -2.06. The molecule has 1 N–H and O–H groups in total. The first-order valence-electron chi connectivity index (χ1n) is 6.21. The van der Waals surface area contributed by atoms with E-state index in [4.69, 9.17) is 4.42 Å². The molecule has 0 bridgehead atoms. The van der Waals surface area contributed by atoms with Gasteiger partial charge in [-0.3, -0.25) is 10.1 Å². The summed E-state index contributed by atoms with van der Waals surface area (Å²) >= 11 is 0. The normalized spacial score (nSPS) is 12.3. The number of nitrogens with one attached hydrogen (secondary N) is 1. The number of furan rings is 1.